The van der Waals surface area contributed by atoms with Gasteiger partial charge in [0.05, 0.1) is 4.92 Å². The standard InChI is InChI=1S/C18H14IN5O4/c19-12-2-4-13(5-3-12)23-18-16(24(25)26)17(21-9-22-18)20-8-11-1-6-14-15(7-11)28-10-27-14/h1-7,9H,8,10H2,(H2,20,21,22,23). The molecule has 0 unspecified atom stereocenters. The van der Waals surface area contributed by atoms with Crippen LogP contribution in [-0.2, 0) is 6.54 Å². The molecule has 0 amide bonds. The topological polar surface area (TPSA) is 111 Å². The third-order valence-corrected chi connectivity index (χ3v) is 4.73. The van der Waals surface area contributed by atoms with E-state index in [1.165, 1.54) is 6.33 Å². The smallest absolute Gasteiger partial charge is 0.353 e. The van der Waals surface area contributed by atoms with Gasteiger partial charge in [0.1, 0.15) is 6.33 Å². The lowest BCUT2D eigenvalue weighted by Crippen LogP contribution is -2.08. The molecule has 9 nitrogen and oxygen atoms in total. The van der Waals surface area contributed by atoms with Crippen LogP contribution >= 0.6 is 22.6 Å². The summed E-state index contributed by atoms with van der Waals surface area (Å²) in [5, 5.41) is 17.6. The fraction of sp³-hybridized carbons (Fsp3) is 0.111. The van der Waals surface area contributed by atoms with E-state index in [4.69, 9.17) is 9.47 Å². The Kier molecular flexibility index (Phi) is 5.10. The molecule has 0 saturated carbocycles. The predicted molar refractivity (Wildman–Crippen MR) is 111 cm³/mol. The second-order valence-corrected chi connectivity index (χ2v) is 7.10. The van der Waals surface area contributed by atoms with Crippen LogP contribution in [0.4, 0.5) is 23.0 Å². The molecule has 1 aromatic heterocycles. The van der Waals surface area contributed by atoms with Gasteiger partial charge in [0, 0.05) is 15.8 Å². The van der Waals surface area contributed by atoms with Gasteiger partial charge in [-0.3, -0.25) is 10.1 Å². The molecular formula is C18H14IN5O4. The number of hydrogen-bond donors (Lipinski definition) is 2. The second-order valence-electron chi connectivity index (χ2n) is 5.85. The summed E-state index contributed by atoms with van der Waals surface area (Å²) in [6, 6.07) is 12.9. The van der Waals surface area contributed by atoms with Crippen molar-refractivity contribution in [2.45, 2.75) is 6.54 Å². The van der Waals surface area contributed by atoms with E-state index in [2.05, 4.69) is 43.2 Å². The summed E-state index contributed by atoms with van der Waals surface area (Å²) in [4.78, 5) is 19.2. The van der Waals surface area contributed by atoms with Gasteiger partial charge in [-0.2, -0.15) is 0 Å². The van der Waals surface area contributed by atoms with Crippen molar-refractivity contribution in [2.24, 2.45) is 0 Å². The van der Waals surface area contributed by atoms with Crippen LogP contribution in [0.5, 0.6) is 11.5 Å². The SMILES string of the molecule is O=[N+]([O-])c1c(NCc2ccc3c(c2)OCO3)ncnc1Nc1ccc(I)cc1. The molecule has 2 N–H and O–H groups in total. The second kappa shape index (κ2) is 7.84. The van der Waals surface area contributed by atoms with Crippen molar-refractivity contribution in [3.63, 3.8) is 0 Å². The zero-order chi connectivity index (χ0) is 19.5. The molecule has 28 heavy (non-hydrogen) atoms. The Morgan fingerprint density at radius 2 is 1.82 bits per heavy atom. The van der Waals surface area contributed by atoms with Crippen LogP contribution in [0.3, 0.4) is 0 Å². The van der Waals surface area contributed by atoms with Gasteiger partial charge < -0.3 is 20.1 Å². The highest BCUT2D eigenvalue weighted by atomic mass is 127. The summed E-state index contributed by atoms with van der Waals surface area (Å²) in [6.45, 7) is 0.522. The van der Waals surface area contributed by atoms with Crippen molar-refractivity contribution in [1.82, 2.24) is 9.97 Å². The van der Waals surface area contributed by atoms with Gasteiger partial charge in [-0.25, -0.2) is 9.97 Å². The molecule has 2 aromatic carbocycles. The number of halogens is 1. The number of rotatable bonds is 6. The van der Waals surface area contributed by atoms with Gasteiger partial charge in [-0.05, 0) is 64.6 Å². The molecule has 0 saturated heterocycles. The van der Waals surface area contributed by atoms with E-state index < -0.39 is 4.92 Å². The number of ether oxygens (including phenoxy) is 2. The molecule has 4 rings (SSSR count). The van der Waals surface area contributed by atoms with E-state index in [9.17, 15) is 10.1 Å². The lowest BCUT2D eigenvalue weighted by Gasteiger charge is -2.10. The van der Waals surface area contributed by atoms with Crippen LogP contribution in [0.1, 0.15) is 5.56 Å². The van der Waals surface area contributed by atoms with Crippen molar-refractivity contribution >= 4 is 45.6 Å². The molecule has 0 atom stereocenters. The van der Waals surface area contributed by atoms with Gasteiger partial charge in [-0.1, -0.05) is 6.07 Å². The van der Waals surface area contributed by atoms with Crippen LogP contribution in [0.15, 0.2) is 48.8 Å². The Bertz CT molecular complexity index is 1030. The van der Waals surface area contributed by atoms with E-state index in [1.807, 2.05) is 36.4 Å². The monoisotopic (exact) mass is 491 g/mol. The quantitative estimate of drug-likeness (QED) is 0.302. The first-order chi connectivity index (χ1) is 13.6. The number of hydrogen-bond acceptors (Lipinski definition) is 8. The molecule has 0 aliphatic carbocycles. The molecule has 3 aromatic rings. The summed E-state index contributed by atoms with van der Waals surface area (Å²) in [5.74, 6) is 1.58. The maximum atomic E-state index is 11.7. The average Bonchev–Trinajstić information content (AvgIpc) is 3.16. The Hall–Kier alpha value is -3.15. The fourth-order valence-corrected chi connectivity index (χ4v) is 3.04. The van der Waals surface area contributed by atoms with Crippen LogP contribution in [0, 0.1) is 13.7 Å². The summed E-state index contributed by atoms with van der Waals surface area (Å²) in [6.07, 6.45) is 1.28. The Morgan fingerprint density at radius 3 is 2.61 bits per heavy atom. The summed E-state index contributed by atoms with van der Waals surface area (Å²) >= 11 is 2.19. The molecule has 10 heteroatoms. The van der Waals surface area contributed by atoms with Crippen molar-refractivity contribution in [2.75, 3.05) is 17.4 Å². The number of nitrogens with zero attached hydrogens (tertiary/aromatic N) is 3. The molecular weight excluding hydrogens is 477 g/mol. The molecule has 0 fully saturated rings. The van der Waals surface area contributed by atoms with Crippen molar-refractivity contribution < 1.29 is 14.4 Å². The number of nitrogens with one attached hydrogen (secondary N) is 2. The molecule has 0 spiro atoms. The van der Waals surface area contributed by atoms with Crippen LogP contribution in [0.2, 0.25) is 0 Å². The van der Waals surface area contributed by atoms with E-state index in [0.717, 1.165) is 9.13 Å². The number of aromatic nitrogens is 2. The maximum absolute atomic E-state index is 11.7. The zero-order valence-corrected chi connectivity index (χ0v) is 16.5. The van der Waals surface area contributed by atoms with Crippen molar-refractivity contribution in [3.8, 4) is 11.5 Å². The fourth-order valence-electron chi connectivity index (χ4n) is 2.68. The molecule has 1 aliphatic rings. The van der Waals surface area contributed by atoms with Gasteiger partial charge in [0.2, 0.25) is 18.4 Å². The van der Waals surface area contributed by atoms with Gasteiger partial charge in [0.15, 0.2) is 11.5 Å². The number of anilines is 3. The largest absolute Gasteiger partial charge is 0.454 e. The minimum atomic E-state index is -0.503. The first-order valence-electron chi connectivity index (χ1n) is 8.24. The van der Waals surface area contributed by atoms with E-state index in [1.54, 1.807) is 6.07 Å². The third-order valence-electron chi connectivity index (χ3n) is 4.01. The molecule has 142 valence electrons. The normalized spacial score (nSPS) is 11.9. The van der Waals surface area contributed by atoms with E-state index in [-0.39, 0.29) is 24.1 Å². The van der Waals surface area contributed by atoms with Crippen LogP contribution in [-0.4, -0.2) is 21.7 Å². The van der Waals surface area contributed by atoms with Gasteiger partial charge >= 0.3 is 5.69 Å². The minimum Gasteiger partial charge on any atom is -0.454 e. The first kappa shape index (κ1) is 18.2. The molecule has 0 bridgehead atoms. The first-order valence-corrected chi connectivity index (χ1v) is 9.32. The minimum absolute atomic E-state index is 0.120. The van der Waals surface area contributed by atoms with Crippen LogP contribution in [0.25, 0.3) is 0 Å². The number of nitro groups is 1. The average molecular weight is 491 g/mol. The van der Waals surface area contributed by atoms with Gasteiger partial charge in [0.25, 0.3) is 0 Å². The highest BCUT2D eigenvalue weighted by Crippen LogP contribution is 2.34. The highest BCUT2D eigenvalue weighted by molar-refractivity contribution is 14.1. The van der Waals surface area contributed by atoms with Crippen molar-refractivity contribution in [1.29, 1.82) is 0 Å². The summed E-state index contributed by atoms with van der Waals surface area (Å²) in [5.41, 5.74) is 1.36. The maximum Gasteiger partial charge on any atom is 0.353 e. The molecule has 0 radical (unpaired) electrons. The number of fused-ring (bicyclic) bond motifs is 1. The molecule has 1 aliphatic heterocycles. The Morgan fingerprint density at radius 1 is 1.07 bits per heavy atom. The van der Waals surface area contributed by atoms with Gasteiger partial charge in [-0.15, -0.1) is 0 Å². The summed E-state index contributed by atoms with van der Waals surface area (Å²) in [7, 11) is 0. The van der Waals surface area contributed by atoms with Crippen molar-refractivity contribution in [3.05, 3.63) is 68.0 Å². The van der Waals surface area contributed by atoms with E-state index in [0.29, 0.717) is 23.7 Å². The summed E-state index contributed by atoms with van der Waals surface area (Å²) < 4.78 is 11.7. The van der Waals surface area contributed by atoms with E-state index >= 15 is 0 Å². The lowest BCUT2D eigenvalue weighted by molar-refractivity contribution is -0.383. The Labute approximate surface area is 173 Å². The highest BCUT2D eigenvalue weighted by Gasteiger charge is 2.23. The lowest BCUT2D eigenvalue weighted by atomic mass is 10.2. The zero-order valence-electron chi connectivity index (χ0n) is 14.4. The number of benzene rings is 2. The van der Waals surface area contributed by atoms with Crippen LogP contribution < -0.4 is 20.1 Å². The molecule has 2 heterocycles. The predicted octanol–water partition coefficient (Wildman–Crippen LogP) is 4.07. The Balaban J connectivity index is 1.56. The third kappa shape index (κ3) is 3.91.